The van der Waals surface area contributed by atoms with Crippen molar-refractivity contribution < 1.29 is 8.42 Å². The molecule has 0 aromatic rings. The van der Waals surface area contributed by atoms with Gasteiger partial charge in [0.05, 0.1) is 6.07 Å². The van der Waals surface area contributed by atoms with Crippen molar-refractivity contribution in [1.82, 2.24) is 4.31 Å². The minimum atomic E-state index is -3.40. The van der Waals surface area contributed by atoms with E-state index in [1.54, 1.807) is 0 Å². The largest absolute Gasteiger partial charge is 0.230 e. The van der Waals surface area contributed by atoms with Gasteiger partial charge in [-0.1, -0.05) is 20.3 Å². The molecule has 1 heterocycles. The third-order valence-corrected chi connectivity index (χ3v) is 5.86. The van der Waals surface area contributed by atoms with E-state index in [4.69, 9.17) is 5.26 Å². The lowest BCUT2D eigenvalue weighted by Gasteiger charge is -2.38. The average Bonchev–Trinajstić information content (AvgIpc) is 2.28. The molecule has 16 heavy (non-hydrogen) atoms. The Morgan fingerprint density at radius 2 is 1.94 bits per heavy atom. The van der Waals surface area contributed by atoms with Gasteiger partial charge in [-0.05, 0) is 25.2 Å². The lowest BCUT2D eigenvalue weighted by Crippen LogP contribution is -2.44. The molecular formula is C11H20N2O2S. The number of nitrogens with zero attached hydrogens (tertiary/aromatic N) is 2. The van der Waals surface area contributed by atoms with Crippen LogP contribution in [0.2, 0.25) is 0 Å². The molecule has 0 aliphatic carbocycles. The second-order valence-corrected chi connectivity index (χ2v) is 7.13. The van der Waals surface area contributed by atoms with Crippen LogP contribution in [-0.4, -0.2) is 31.1 Å². The van der Waals surface area contributed by atoms with Gasteiger partial charge in [0.1, 0.15) is 0 Å². The summed E-state index contributed by atoms with van der Waals surface area (Å²) in [6.45, 7) is 6.90. The van der Waals surface area contributed by atoms with Gasteiger partial charge in [0.15, 0.2) is 5.25 Å². The van der Waals surface area contributed by atoms with Crippen LogP contribution in [0.15, 0.2) is 0 Å². The maximum absolute atomic E-state index is 11.9. The van der Waals surface area contributed by atoms with Crippen molar-refractivity contribution in [2.24, 2.45) is 5.41 Å². The molecule has 1 unspecified atom stereocenters. The maximum atomic E-state index is 11.9. The molecule has 0 spiro atoms. The Labute approximate surface area is 98.3 Å². The van der Waals surface area contributed by atoms with Crippen LogP contribution in [0.5, 0.6) is 0 Å². The van der Waals surface area contributed by atoms with Crippen molar-refractivity contribution in [2.75, 3.05) is 13.1 Å². The monoisotopic (exact) mass is 244 g/mol. The first-order chi connectivity index (χ1) is 7.35. The lowest BCUT2D eigenvalue weighted by molar-refractivity contribution is 0.168. The highest BCUT2D eigenvalue weighted by atomic mass is 32.2. The summed E-state index contributed by atoms with van der Waals surface area (Å²) in [6.07, 6.45) is 2.86. The highest BCUT2D eigenvalue weighted by Crippen LogP contribution is 2.35. The van der Waals surface area contributed by atoms with Gasteiger partial charge in [0.2, 0.25) is 10.0 Å². The normalized spacial score (nSPS) is 23.6. The van der Waals surface area contributed by atoms with Crippen molar-refractivity contribution in [1.29, 1.82) is 5.26 Å². The van der Waals surface area contributed by atoms with Crippen LogP contribution in [-0.2, 0) is 10.0 Å². The third-order valence-electron chi connectivity index (χ3n) is 3.77. The second kappa shape index (κ2) is 4.72. The number of hydrogen-bond donors (Lipinski definition) is 0. The van der Waals surface area contributed by atoms with E-state index in [1.807, 2.05) is 6.07 Å². The summed E-state index contributed by atoms with van der Waals surface area (Å²) in [5, 5.41) is 7.76. The quantitative estimate of drug-likeness (QED) is 0.759. The molecule has 5 heteroatoms. The van der Waals surface area contributed by atoms with Crippen LogP contribution in [0.1, 0.15) is 40.0 Å². The molecule has 0 radical (unpaired) electrons. The number of sulfonamides is 1. The maximum Gasteiger partial charge on any atom is 0.230 e. The lowest BCUT2D eigenvalue weighted by atomic mass is 9.79. The van der Waals surface area contributed by atoms with Crippen molar-refractivity contribution in [3.8, 4) is 6.07 Å². The van der Waals surface area contributed by atoms with Crippen molar-refractivity contribution in [3.05, 3.63) is 0 Å². The van der Waals surface area contributed by atoms with E-state index >= 15 is 0 Å². The fourth-order valence-corrected chi connectivity index (χ4v) is 3.20. The van der Waals surface area contributed by atoms with E-state index < -0.39 is 15.3 Å². The van der Waals surface area contributed by atoms with Gasteiger partial charge in [-0.2, -0.15) is 5.26 Å². The minimum absolute atomic E-state index is 0.266. The first-order valence-electron chi connectivity index (χ1n) is 5.74. The molecule has 0 aromatic carbocycles. The molecule has 0 bridgehead atoms. The third kappa shape index (κ3) is 2.55. The number of piperidine rings is 1. The predicted octanol–water partition coefficient (Wildman–Crippen LogP) is 1.74. The Morgan fingerprint density at radius 3 is 2.31 bits per heavy atom. The Morgan fingerprint density at radius 1 is 1.44 bits per heavy atom. The fourth-order valence-electron chi connectivity index (χ4n) is 1.92. The molecule has 1 fully saturated rings. The van der Waals surface area contributed by atoms with Gasteiger partial charge >= 0.3 is 0 Å². The fraction of sp³-hybridized carbons (Fsp3) is 0.909. The average molecular weight is 244 g/mol. The zero-order valence-corrected chi connectivity index (χ0v) is 11.0. The molecule has 92 valence electrons. The zero-order valence-electron chi connectivity index (χ0n) is 10.2. The van der Waals surface area contributed by atoms with Crippen LogP contribution in [0.4, 0.5) is 0 Å². The van der Waals surface area contributed by atoms with Crippen LogP contribution >= 0.6 is 0 Å². The zero-order chi connectivity index (χ0) is 12.4. The number of rotatable bonds is 3. The topological polar surface area (TPSA) is 61.2 Å². The summed E-state index contributed by atoms with van der Waals surface area (Å²) in [5.74, 6) is 0. The standard InChI is InChI=1S/C11H20N2O2S/c1-4-11(3)5-7-13(8-6-11)16(14,15)10(2)9-12/h10H,4-8H2,1-3H3. The molecular weight excluding hydrogens is 224 g/mol. The van der Waals surface area contributed by atoms with Gasteiger partial charge < -0.3 is 0 Å². The molecule has 0 saturated carbocycles. The Kier molecular flexibility index (Phi) is 3.97. The summed E-state index contributed by atoms with van der Waals surface area (Å²) in [7, 11) is -3.40. The van der Waals surface area contributed by atoms with E-state index in [0.717, 1.165) is 19.3 Å². The molecule has 1 saturated heterocycles. The molecule has 1 aliphatic rings. The van der Waals surface area contributed by atoms with E-state index in [9.17, 15) is 8.42 Å². The summed E-state index contributed by atoms with van der Waals surface area (Å²) in [6, 6.07) is 1.81. The highest BCUT2D eigenvalue weighted by Gasteiger charge is 2.35. The number of nitriles is 1. The second-order valence-electron chi connectivity index (χ2n) is 4.88. The van der Waals surface area contributed by atoms with Crippen molar-refractivity contribution in [3.63, 3.8) is 0 Å². The van der Waals surface area contributed by atoms with E-state index in [0.29, 0.717) is 13.1 Å². The van der Waals surface area contributed by atoms with Gasteiger partial charge in [-0.15, -0.1) is 0 Å². The predicted molar refractivity (Wildman–Crippen MR) is 63.2 cm³/mol. The molecule has 0 N–H and O–H groups in total. The molecule has 1 atom stereocenters. The molecule has 0 amide bonds. The molecule has 0 aromatic heterocycles. The van der Waals surface area contributed by atoms with Gasteiger partial charge in [0.25, 0.3) is 0 Å². The Bertz CT molecular complexity index is 375. The van der Waals surface area contributed by atoms with E-state index in [-0.39, 0.29) is 5.41 Å². The van der Waals surface area contributed by atoms with Crippen molar-refractivity contribution in [2.45, 2.75) is 45.3 Å². The molecule has 1 aliphatic heterocycles. The van der Waals surface area contributed by atoms with Crippen LogP contribution in [0.25, 0.3) is 0 Å². The Hall–Kier alpha value is -0.600. The van der Waals surface area contributed by atoms with Crippen molar-refractivity contribution >= 4 is 10.0 Å². The first-order valence-corrected chi connectivity index (χ1v) is 7.24. The van der Waals surface area contributed by atoms with Gasteiger partial charge in [0, 0.05) is 13.1 Å². The van der Waals surface area contributed by atoms with E-state index in [2.05, 4.69) is 13.8 Å². The van der Waals surface area contributed by atoms with E-state index in [1.165, 1.54) is 11.2 Å². The van der Waals surface area contributed by atoms with Crippen LogP contribution in [0, 0.1) is 16.7 Å². The smallest absolute Gasteiger partial charge is 0.211 e. The molecule has 4 nitrogen and oxygen atoms in total. The Balaban J connectivity index is 2.72. The van der Waals surface area contributed by atoms with Gasteiger partial charge in [-0.25, -0.2) is 12.7 Å². The van der Waals surface area contributed by atoms with Crippen LogP contribution < -0.4 is 0 Å². The first kappa shape index (κ1) is 13.5. The summed E-state index contributed by atoms with van der Waals surface area (Å²) in [5.41, 5.74) is 0.266. The van der Waals surface area contributed by atoms with Crippen LogP contribution in [0.3, 0.4) is 0 Å². The highest BCUT2D eigenvalue weighted by molar-refractivity contribution is 7.89. The summed E-state index contributed by atoms with van der Waals surface area (Å²) < 4.78 is 25.3. The SMILES string of the molecule is CCC1(C)CCN(S(=O)(=O)C(C)C#N)CC1. The number of hydrogen-bond acceptors (Lipinski definition) is 3. The van der Waals surface area contributed by atoms with Gasteiger partial charge in [-0.3, -0.25) is 0 Å². The summed E-state index contributed by atoms with van der Waals surface area (Å²) >= 11 is 0. The minimum Gasteiger partial charge on any atom is -0.211 e. The molecule has 1 rings (SSSR count). The summed E-state index contributed by atoms with van der Waals surface area (Å²) in [4.78, 5) is 0.